The van der Waals surface area contributed by atoms with E-state index in [1.807, 2.05) is 6.92 Å². The lowest BCUT2D eigenvalue weighted by atomic mass is 10.2. The highest BCUT2D eigenvalue weighted by Crippen LogP contribution is 2.01. The summed E-state index contributed by atoms with van der Waals surface area (Å²) in [6, 6.07) is 0. The molecule has 0 aliphatic heterocycles. The van der Waals surface area contributed by atoms with Crippen LogP contribution in [0.4, 0.5) is 0 Å². The second-order valence-electron chi connectivity index (χ2n) is 3.25. The predicted octanol–water partition coefficient (Wildman–Crippen LogP) is 0.610. The molecule has 0 saturated carbocycles. The Morgan fingerprint density at radius 2 is 2.13 bits per heavy atom. The second kappa shape index (κ2) is 4.82. The molecule has 0 aliphatic rings. The molecule has 0 amide bonds. The minimum atomic E-state index is -0.361. The zero-order chi connectivity index (χ0) is 11.4. The maximum atomic E-state index is 11.7. The van der Waals surface area contributed by atoms with Crippen molar-refractivity contribution in [2.75, 3.05) is 6.61 Å². The van der Waals surface area contributed by atoms with Gasteiger partial charge in [0.05, 0.1) is 18.6 Å². The molecule has 1 N–H and O–H groups in total. The first-order chi connectivity index (χ1) is 7.10. The Labute approximate surface area is 88.0 Å². The average molecular weight is 212 g/mol. The van der Waals surface area contributed by atoms with Crippen LogP contribution in [0.2, 0.25) is 0 Å². The van der Waals surface area contributed by atoms with E-state index >= 15 is 0 Å². The van der Waals surface area contributed by atoms with E-state index in [-0.39, 0.29) is 17.9 Å². The molecule has 0 bridgehead atoms. The molecule has 0 aromatic carbocycles. The van der Waals surface area contributed by atoms with Crippen LogP contribution in [0.1, 0.15) is 25.1 Å². The van der Waals surface area contributed by atoms with E-state index in [0.29, 0.717) is 18.7 Å². The van der Waals surface area contributed by atoms with Gasteiger partial charge in [-0.1, -0.05) is 0 Å². The number of carbonyl (C=O) groups is 1. The molecule has 0 aliphatic carbocycles. The summed E-state index contributed by atoms with van der Waals surface area (Å²) < 4.78 is 6.27. The Hall–Kier alpha value is -1.52. The van der Waals surface area contributed by atoms with Crippen molar-refractivity contribution in [2.45, 2.75) is 33.7 Å². The zero-order valence-electron chi connectivity index (χ0n) is 9.29. The molecule has 5 nitrogen and oxygen atoms in total. The molecule has 0 fully saturated rings. The average Bonchev–Trinajstić information content (AvgIpc) is 2.45. The van der Waals surface area contributed by atoms with Gasteiger partial charge in [-0.2, -0.15) is 0 Å². The SMILES string of the molecule is CCOC(=O)Cc1c(C)[nH]n(CC)c1=O. The van der Waals surface area contributed by atoms with Crippen molar-refractivity contribution in [3.8, 4) is 0 Å². The van der Waals surface area contributed by atoms with Crippen LogP contribution in [0.15, 0.2) is 4.79 Å². The quantitative estimate of drug-likeness (QED) is 0.744. The number of hydrogen-bond acceptors (Lipinski definition) is 3. The number of nitrogens with zero attached hydrogens (tertiary/aromatic N) is 1. The van der Waals surface area contributed by atoms with Gasteiger partial charge in [0.25, 0.3) is 5.56 Å². The third-order valence-electron chi connectivity index (χ3n) is 2.20. The Morgan fingerprint density at radius 3 is 2.60 bits per heavy atom. The van der Waals surface area contributed by atoms with E-state index in [2.05, 4.69) is 5.10 Å². The Morgan fingerprint density at radius 1 is 1.47 bits per heavy atom. The molecule has 0 saturated heterocycles. The van der Waals surface area contributed by atoms with Gasteiger partial charge in [0, 0.05) is 12.2 Å². The molecule has 0 unspecified atom stereocenters. The standard InChI is InChI=1S/C10H16N2O3/c1-4-12-10(14)8(7(3)11-12)6-9(13)15-5-2/h11H,4-6H2,1-3H3. The molecule has 1 aromatic heterocycles. The number of rotatable bonds is 4. The minimum absolute atomic E-state index is 0.0437. The lowest BCUT2D eigenvalue weighted by Gasteiger charge is -1.99. The molecule has 0 spiro atoms. The smallest absolute Gasteiger partial charge is 0.310 e. The van der Waals surface area contributed by atoms with Gasteiger partial charge in [-0.25, -0.2) is 0 Å². The van der Waals surface area contributed by atoms with Crippen molar-refractivity contribution in [1.29, 1.82) is 0 Å². The number of ether oxygens (including phenoxy) is 1. The van der Waals surface area contributed by atoms with E-state index < -0.39 is 0 Å². The fraction of sp³-hybridized carbons (Fsp3) is 0.600. The highest BCUT2D eigenvalue weighted by Gasteiger charge is 2.14. The van der Waals surface area contributed by atoms with Crippen molar-refractivity contribution < 1.29 is 9.53 Å². The van der Waals surface area contributed by atoms with E-state index in [0.717, 1.165) is 5.69 Å². The summed E-state index contributed by atoms with van der Waals surface area (Å²) in [5.74, 6) is -0.361. The first-order valence-corrected chi connectivity index (χ1v) is 5.04. The number of nitrogens with one attached hydrogen (secondary N) is 1. The summed E-state index contributed by atoms with van der Waals surface area (Å²) in [5.41, 5.74) is 1.09. The van der Waals surface area contributed by atoms with Crippen LogP contribution in [0.5, 0.6) is 0 Å². The van der Waals surface area contributed by atoms with Crippen LogP contribution in [-0.4, -0.2) is 22.4 Å². The van der Waals surface area contributed by atoms with Gasteiger partial charge in [0.2, 0.25) is 0 Å². The first kappa shape index (κ1) is 11.6. The fourth-order valence-corrected chi connectivity index (χ4v) is 1.43. The maximum absolute atomic E-state index is 11.7. The molecular formula is C10H16N2O3. The van der Waals surface area contributed by atoms with Crippen LogP contribution < -0.4 is 5.56 Å². The van der Waals surface area contributed by atoms with Gasteiger partial charge >= 0.3 is 5.97 Å². The molecule has 0 radical (unpaired) electrons. The van der Waals surface area contributed by atoms with Crippen LogP contribution >= 0.6 is 0 Å². The normalized spacial score (nSPS) is 10.3. The number of carbonyl (C=O) groups excluding carboxylic acids is 1. The van der Waals surface area contributed by atoms with Crippen LogP contribution in [-0.2, 0) is 22.5 Å². The van der Waals surface area contributed by atoms with Gasteiger partial charge < -0.3 is 4.74 Å². The molecular weight excluding hydrogens is 196 g/mol. The molecule has 1 rings (SSSR count). The third kappa shape index (κ3) is 2.49. The molecule has 5 heteroatoms. The van der Waals surface area contributed by atoms with Gasteiger partial charge in [0.1, 0.15) is 0 Å². The molecule has 84 valence electrons. The summed E-state index contributed by atoms with van der Waals surface area (Å²) in [6.07, 6.45) is 0.0437. The highest BCUT2D eigenvalue weighted by molar-refractivity contribution is 5.72. The number of hydrogen-bond donors (Lipinski definition) is 1. The largest absolute Gasteiger partial charge is 0.466 e. The number of aryl methyl sites for hydroxylation is 2. The molecule has 1 heterocycles. The summed E-state index contributed by atoms with van der Waals surface area (Å²) in [4.78, 5) is 22.9. The topological polar surface area (TPSA) is 64.1 Å². The zero-order valence-corrected chi connectivity index (χ0v) is 9.29. The highest BCUT2D eigenvalue weighted by atomic mass is 16.5. The van der Waals surface area contributed by atoms with Crippen molar-refractivity contribution in [2.24, 2.45) is 0 Å². The maximum Gasteiger partial charge on any atom is 0.310 e. The Bertz CT molecular complexity index is 403. The predicted molar refractivity (Wildman–Crippen MR) is 55.8 cm³/mol. The molecule has 0 atom stereocenters. The van der Waals surface area contributed by atoms with Crippen molar-refractivity contribution >= 4 is 5.97 Å². The van der Waals surface area contributed by atoms with Crippen LogP contribution in [0.3, 0.4) is 0 Å². The summed E-state index contributed by atoms with van der Waals surface area (Å²) in [5, 5.41) is 2.91. The van der Waals surface area contributed by atoms with Gasteiger partial charge in [-0.3, -0.25) is 19.4 Å². The van der Waals surface area contributed by atoms with Crippen LogP contribution in [0.25, 0.3) is 0 Å². The first-order valence-electron chi connectivity index (χ1n) is 5.04. The summed E-state index contributed by atoms with van der Waals surface area (Å²) >= 11 is 0. The van der Waals surface area contributed by atoms with Crippen LogP contribution in [0, 0.1) is 6.92 Å². The Kier molecular flexibility index (Phi) is 3.71. The lowest BCUT2D eigenvalue weighted by Crippen LogP contribution is -2.20. The fourth-order valence-electron chi connectivity index (χ4n) is 1.43. The van der Waals surface area contributed by atoms with Gasteiger partial charge in [0.15, 0.2) is 0 Å². The summed E-state index contributed by atoms with van der Waals surface area (Å²) in [6.45, 7) is 6.30. The van der Waals surface area contributed by atoms with E-state index in [9.17, 15) is 9.59 Å². The van der Waals surface area contributed by atoms with Gasteiger partial charge in [-0.15, -0.1) is 0 Å². The minimum Gasteiger partial charge on any atom is -0.466 e. The molecule has 15 heavy (non-hydrogen) atoms. The molecule has 1 aromatic rings. The Balaban J connectivity index is 2.90. The monoisotopic (exact) mass is 212 g/mol. The summed E-state index contributed by atoms with van der Waals surface area (Å²) in [7, 11) is 0. The van der Waals surface area contributed by atoms with E-state index in [1.54, 1.807) is 13.8 Å². The number of aromatic amines is 1. The van der Waals surface area contributed by atoms with Crippen molar-refractivity contribution in [3.05, 3.63) is 21.6 Å². The van der Waals surface area contributed by atoms with Crippen molar-refractivity contribution in [1.82, 2.24) is 9.78 Å². The van der Waals surface area contributed by atoms with Crippen molar-refractivity contribution in [3.63, 3.8) is 0 Å². The number of aromatic nitrogens is 2. The second-order valence-corrected chi connectivity index (χ2v) is 3.25. The van der Waals surface area contributed by atoms with E-state index in [4.69, 9.17) is 4.74 Å². The lowest BCUT2D eigenvalue weighted by molar-refractivity contribution is -0.142. The van der Waals surface area contributed by atoms with E-state index in [1.165, 1.54) is 4.68 Å². The number of H-pyrrole nitrogens is 1. The third-order valence-corrected chi connectivity index (χ3v) is 2.20. The van der Waals surface area contributed by atoms with Gasteiger partial charge in [-0.05, 0) is 20.8 Å². The number of esters is 1.